The summed E-state index contributed by atoms with van der Waals surface area (Å²) in [7, 11) is 0. The minimum absolute atomic E-state index is 0.283. The molecule has 96 valence electrons. The van der Waals surface area contributed by atoms with Crippen molar-refractivity contribution >= 4 is 5.91 Å². The third-order valence-electron chi connectivity index (χ3n) is 2.20. The Labute approximate surface area is 94.7 Å². The molecule has 0 rings (SSSR count). The zero-order valence-electron chi connectivity index (χ0n) is 9.48. The molecule has 0 aliphatic carbocycles. The molecular weight excluding hydrogens is 216 g/mol. The fourth-order valence-electron chi connectivity index (χ4n) is 1.17. The molecule has 0 bridgehead atoms. The molecule has 0 saturated carbocycles. The molecule has 0 heterocycles. The average molecular weight is 237 g/mol. The van der Waals surface area contributed by atoms with E-state index in [4.69, 9.17) is 11.5 Å². The van der Waals surface area contributed by atoms with Crippen molar-refractivity contribution in [3.8, 4) is 0 Å². The Hall–Kier alpha value is -0.750. The highest BCUT2D eigenvalue weighted by atomic mass is 19.3. The van der Waals surface area contributed by atoms with Crippen LogP contribution in [0.15, 0.2) is 0 Å². The summed E-state index contributed by atoms with van der Waals surface area (Å²) >= 11 is 0. The van der Waals surface area contributed by atoms with Crippen molar-refractivity contribution in [2.24, 2.45) is 11.5 Å². The van der Waals surface area contributed by atoms with E-state index in [1.165, 1.54) is 0 Å². The standard InChI is InChI=1S/C10H21F2N3O/c11-10(12,7-14)8-15-9(16)5-3-1-2-4-6-13/h1-8,13-14H2,(H,15,16). The van der Waals surface area contributed by atoms with Gasteiger partial charge in [-0.2, -0.15) is 0 Å². The fraction of sp³-hybridized carbons (Fsp3) is 0.900. The van der Waals surface area contributed by atoms with Crippen LogP contribution in [0.5, 0.6) is 0 Å². The van der Waals surface area contributed by atoms with E-state index in [2.05, 4.69) is 5.32 Å². The lowest BCUT2D eigenvalue weighted by atomic mass is 10.1. The maximum absolute atomic E-state index is 12.6. The van der Waals surface area contributed by atoms with Gasteiger partial charge in [0.15, 0.2) is 0 Å². The van der Waals surface area contributed by atoms with Gasteiger partial charge in [-0.1, -0.05) is 12.8 Å². The summed E-state index contributed by atoms with van der Waals surface area (Å²) < 4.78 is 25.3. The Bertz CT molecular complexity index is 201. The smallest absolute Gasteiger partial charge is 0.277 e. The van der Waals surface area contributed by atoms with E-state index in [1.807, 2.05) is 0 Å². The van der Waals surface area contributed by atoms with Crippen molar-refractivity contribution in [2.45, 2.75) is 38.0 Å². The Balaban J connectivity index is 3.45. The van der Waals surface area contributed by atoms with Gasteiger partial charge < -0.3 is 16.8 Å². The number of nitrogens with two attached hydrogens (primary N) is 2. The van der Waals surface area contributed by atoms with Crippen LogP contribution in [0.1, 0.15) is 32.1 Å². The molecule has 0 radical (unpaired) electrons. The number of alkyl halides is 2. The Morgan fingerprint density at radius 3 is 2.31 bits per heavy atom. The number of halogens is 2. The number of hydrogen-bond donors (Lipinski definition) is 3. The molecule has 0 aromatic rings. The van der Waals surface area contributed by atoms with Gasteiger partial charge in [0.2, 0.25) is 5.91 Å². The largest absolute Gasteiger partial charge is 0.350 e. The second-order valence-electron chi connectivity index (χ2n) is 3.79. The molecule has 0 atom stereocenters. The highest BCUT2D eigenvalue weighted by Crippen LogP contribution is 2.09. The molecule has 1 amide bonds. The molecule has 4 nitrogen and oxygen atoms in total. The number of nitrogens with one attached hydrogen (secondary N) is 1. The van der Waals surface area contributed by atoms with Crippen LogP contribution in [0.25, 0.3) is 0 Å². The lowest BCUT2D eigenvalue weighted by Gasteiger charge is -2.14. The Kier molecular flexibility index (Phi) is 8.01. The van der Waals surface area contributed by atoms with Crippen LogP contribution in [-0.2, 0) is 4.79 Å². The van der Waals surface area contributed by atoms with Crippen LogP contribution < -0.4 is 16.8 Å². The van der Waals surface area contributed by atoms with Crippen molar-refractivity contribution in [3.05, 3.63) is 0 Å². The molecule has 0 unspecified atom stereocenters. The molecule has 6 heteroatoms. The topological polar surface area (TPSA) is 81.1 Å². The first-order valence-electron chi connectivity index (χ1n) is 5.56. The highest BCUT2D eigenvalue weighted by molar-refractivity contribution is 5.75. The third-order valence-corrected chi connectivity index (χ3v) is 2.20. The number of rotatable bonds is 9. The van der Waals surface area contributed by atoms with Gasteiger partial charge in [-0.15, -0.1) is 0 Å². The number of hydrogen-bond acceptors (Lipinski definition) is 3. The Morgan fingerprint density at radius 2 is 1.75 bits per heavy atom. The number of carbonyl (C=O) groups excluding carboxylic acids is 1. The first-order chi connectivity index (χ1) is 7.52. The predicted octanol–water partition coefficient (Wildman–Crippen LogP) is 0.606. The summed E-state index contributed by atoms with van der Waals surface area (Å²) in [5.74, 6) is -3.35. The van der Waals surface area contributed by atoms with Crippen LogP contribution in [0.3, 0.4) is 0 Å². The van der Waals surface area contributed by atoms with Gasteiger partial charge in [0.25, 0.3) is 5.92 Å². The lowest BCUT2D eigenvalue weighted by molar-refractivity contribution is -0.123. The van der Waals surface area contributed by atoms with Crippen molar-refractivity contribution in [2.75, 3.05) is 19.6 Å². The molecule has 0 saturated heterocycles. The summed E-state index contributed by atoms with van der Waals surface area (Å²) in [6.07, 6.45) is 3.80. The summed E-state index contributed by atoms with van der Waals surface area (Å²) in [5, 5.41) is 2.17. The number of unbranched alkanes of at least 4 members (excludes halogenated alkanes) is 3. The summed E-state index contributed by atoms with van der Waals surface area (Å²) in [5.41, 5.74) is 10.1. The van der Waals surface area contributed by atoms with Crippen LogP contribution in [-0.4, -0.2) is 31.5 Å². The van der Waals surface area contributed by atoms with Crippen LogP contribution in [0.4, 0.5) is 8.78 Å². The van der Waals surface area contributed by atoms with Crippen molar-refractivity contribution in [1.29, 1.82) is 0 Å². The molecule has 0 fully saturated rings. The molecule has 0 aromatic heterocycles. The molecule has 0 spiro atoms. The zero-order chi connectivity index (χ0) is 12.4. The van der Waals surface area contributed by atoms with Crippen molar-refractivity contribution in [3.63, 3.8) is 0 Å². The van der Waals surface area contributed by atoms with E-state index in [9.17, 15) is 13.6 Å². The Morgan fingerprint density at radius 1 is 1.12 bits per heavy atom. The molecule has 5 N–H and O–H groups in total. The van der Waals surface area contributed by atoms with E-state index >= 15 is 0 Å². The quantitative estimate of drug-likeness (QED) is 0.514. The summed E-state index contributed by atoms with van der Waals surface area (Å²) in [6, 6.07) is 0. The summed E-state index contributed by atoms with van der Waals surface area (Å²) in [6.45, 7) is -0.774. The van der Waals surface area contributed by atoms with E-state index in [-0.39, 0.29) is 12.3 Å². The normalized spacial score (nSPS) is 11.5. The van der Waals surface area contributed by atoms with Crippen LogP contribution in [0.2, 0.25) is 0 Å². The highest BCUT2D eigenvalue weighted by Gasteiger charge is 2.26. The fourth-order valence-corrected chi connectivity index (χ4v) is 1.17. The summed E-state index contributed by atoms with van der Waals surface area (Å²) in [4.78, 5) is 11.1. The maximum atomic E-state index is 12.6. The van der Waals surface area contributed by atoms with Gasteiger partial charge in [0.05, 0.1) is 13.1 Å². The second kappa shape index (κ2) is 8.41. The van der Waals surface area contributed by atoms with E-state index in [0.29, 0.717) is 13.0 Å². The monoisotopic (exact) mass is 237 g/mol. The SMILES string of the molecule is NCCCCCCC(=O)NCC(F)(F)CN. The van der Waals surface area contributed by atoms with Crippen molar-refractivity contribution in [1.82, 2.24) is 5.32 Å². The van der Waals surface area contributed by atoms with Gasteiger partial charge in [-0.25, -0.2) is 8.78 Å². The number of carbonyl (C=O) groups is 1. The first kappa shape index (κ1) is 15.2. The maximum Gasteiger partial charge on any atom is 0.277 e. The lowest BCUT2D eigenvalue weighted by Crippen LogP contribution is -2.41. The molecule has 0 aliphatic heterocycles. The average Bonchev–Trinajstić information content (AvgIpc) is 2.26. The first-order valence-corrected chi connectivity index (χ1v) is 5.56. The van der Waals surface area contributed by atoms with Gasteiger partial charge in [0.1, 0.15) is 0 Å². The van der Waals surface area contributed by atoms with Gasteiger partial charge >= 0.3 is 0 Å². The molecule has 16 heavy (non-hydrogen) atoms. The zero-order valence-corrected chi connectivity index (χ0v) is 9.48. The van der Waals surface area contributed by atoms with Crippen LogP contribution in [0, 0.1) is 0 Å². The predicted molar refractivity (Wildman–Crippen MR) is 59.2 cm³/mol. The molecule has 0 aromatic carbocycles. The van der Waals surface area contributed by atoms with E-state index in [1.54, 1.807) is 0 Å². The number of amides is 1. The van der Waals surface area contributed by atoms with Crippen molar-refractivity contribution < 1.29 is 13.6 Å². The van der Waals surface area contributed by atoms with Gasteiger partial charge in [0, 0.05) is 6.42 Å². The van der Waals surface area contributed by atoms with Gasteiger partial charge in [-0.05, 0) is 19.4 Å². The minimum Gasteiger partial charge on any atom is -0.350 e. The molecule has 0 aliphatic rings. The van der Waals surface area contributed by atoms with Crippen LogP contribution >= 0.6 is 0 Å². The molecular formula is C10H21F2N3O. The van der Waals surface area contributed by atoms with E-state index < -0.39 is 19.0 Å². The van der Waals surface area contributed by atoms with Gasteiger partial charge in [-0.3, -0.25) is 4.79 Å². The second-order valence-corrected chi connectivity index (χ2v) is 3.79. The third kappa shape index (κ3) is 8.55. The van der Waals surface area contributed by atoms with E-state index in [0.717, 1.165) is 19.3 Å². The minimum atomic E-state index is -3.00.